The summed E-state index contributed by atoms with van der Waals surface area (Å²) in [6.07, 6.45) is 2.46. The van der Waals surface area contributed by atoms with Crippen LogP contribution in [-0.2, 0) is 42.3 Å². The van der Waals surface area contributed by atoms with Gasteiger partial charge in [0.05, 0.1) is 60.8 Å². The Labute approximate surface area is 358 Å². The molecule has 0 heterocycles. The van der Waals surface area contributed by atoms with E-state index < -0.39 is 61.6 Å². The number of nitriles is 1. The zero-order chi connectivity index (χ0) is 43.3. The Morgan fingerprint density at radius 2 is 1.61 bits per heavy atom. The molecule has 0 spiro atoms. The summed E-state index contributed by atoms with van der Waals surface area (Å²) in [6.45, 7) is 3.62. The van der Waals surface area contributed by atoms with Crippen LogP contribution in [0.2, 0.25) is 0 Å². The first kappa shape index (κ1) is 52.8. The predicted molar refractivity (Wildman–Crippen MR) is 231 cm³/mol. The topological polar surface area (TPSA) is 199 Å². The number of quaternary nitrogens is 1. The minimum absolute atomic E-state index is 0.0117. The molecule has 0 aliphatic heterocycles. The van der Waals surface area contributed by atoms with Crippen LogP contribution in [0.15, 0.2) is 30.3 Å². The normalized spacial score (nSPS) is 16.4. The van der Waals surface area contributed by atoms with Crippen LogP contribution < -0.4 is 5.32 Å². The van der Waals surface area contributed by atoms with Gasteiger partial charge < -0.3 is 29.3 Å². The van der Waals surface area contributed by atoms with Crippen molar-refractivity contribution in [3.8, 4) is 6.07 Å². The number of likely N-dealkylation sites (N-methyl/N-ethyl adjacent to an activating group) is 1. The number of hydrogen-bond donors (Lipinski definition) is 5. The van der Waals surface area contributed by atoms with E-state index in [1.54, 1.807) is 12.1 Å². The number of nitrogens with zero attached hydrogens (tertiary/aromatic N) is 2. The van der Waals surface area contributed by atoms with Crippen molar-refractivity contribution in [1.29, 1.82) is 5.26 Å². The standard InChI is InChI=1S/C38H60N3O11PS4/c1-36(28-57-33(56)29-12-8-7-9-13-29,34(45)50-23-24-52-53(47,48)51-22-20-41(4,5)6)26-38(3,37(2,27-39)18-16-32(43)44)35(46)49-21-19-40-31(42)15-11-10-14-30(55)17-25-54/h7-9,12-13,30H,10-11,14-26,28H2,1-6H3,(H4-,40,42,43,44,47,48,54,55)/p+1. The predicted octanol–water partition coefficient (Wildman–Crippen LogP) is 6.11. The monoisotopic (exact) mass is 894 g/mol. The van der Waals surface area contributed by atoms with Crippen molar-refractivity contribution in [2.45, 2.75) is 77.4 Å². The fourth-order valence-electron chi connectivity index (χ4n) is 5.62. The molecule has 3 N–H and O–H groups in total. The van der Waals surface area contributed by atoms with Crippen LogP contribution in [0.1, 0.15) is 77.7 Å². The lowest BCUT2D eigenvalue weighted by Crippen LogP contribution is -2.50. The molecule has 322 valence electrons. The van der Waals surface area contributed by atoms with Gasteiger partial charge in [-0.05, 0) is 64.2 Å². The Morgan fingerprint density at radius 1 is 0.982 bits per heavy atom. The molecule has 19 heteroatoms. The smallest absolute Gasteiger partial charge is 0.472 e. The van der Waals surface area contributed by atoms with Crippen molar-refractivity contribution in [1.82, 2.24) is 5.32 Å². The van der Waals surface area contributed by atoms with Crippen LogP contribution in [0.4, 0.5) is 0 Å². The Bertz CT molecular complexity index is 1560. The maximum atomic E-state index is 14.1. The average molecular weight is 895 g/mol. The zero-order valence-corrected chi connectivity index (χ0v) is 38.2. The van der Waals surface area contributed by atoms with Crippen molar-refractivity contribution in [2.24, 2.45) is 16.2 Å². The molecule has 1 aromatic rings. The summed E-state index contributed by atoms with van der Waals surface area (Å²) in [5.41, 5.74) is -4.30. The third-order valence-corrected chi connectivity index (χ3v) is 13.1. The van der Waals surface area contributed by atoms with Gasteiger partial charge in [0.15, 0.2) is 0 Å². The highest BCUT2D eigenvalue weighted by molar-refractivity contribution is 8.23. The van der Waals surface area contributed by atoms with E-state index in [0.717, 1.165) is 42.3 Å². The molecule has 1 amide bonds. The van der Waals surface area contributed by atoms with E-state index in [1.165, 1.54) is 20.8 Å². The Balaban J connectivity index is 3.26. The minimum Gasteiger partial charge on any atom is -0.481 e. The van der Waals surface area contributed by atoms with Gasteiger partial charge in [-0.25, -0.2) is 4.57 Å². The summed E-state index contributed by atoms with van der Waals surface area (Å²) >= 11 is 15.5. The number of amides is 1. The zero-order valence-electron chi connectivity index (χ0n) is 33.9. The molecule has 1 aromatic carbocycles. The molecule has 1 rings (SSSR count). The van der Waals surface area contributed by atoms with Crippen molar-refractivity contribution < 1.29 is 56.7 Å². The van der Waals surface area contributed by atoms with Crippen molar-refractivity contribution in [2.75, 3.05) is 72.2 Å². The lowest BCUT2D eigenvalue weighted by molar-refractivity contribution is -0.870. The first-order valence-electron chi connectivity index (χ1n) is 18.7. The molecule has 0 saturated carbocycles. The number of benzene rings is 1. The van der Waals surface area contributed by atoms with Gasteiger partial charge in [-0.1, -0.05) is 49.0 Å². The maximum Gasteiger partial charge on any atom is 0.472 e. The number of carboxylic acids is 1. The Morgan fingerprint density at radius 3 is 2.21 bits per heavy atom. The number of nitrogens with one attached hydrogen (secondary N) is 1. The maximum absolute atomic E-state index is 14.1. The lowest BCUT2D eigenvalue weighted by atomic mass is 9.58. The van der Waals surface area contributed by atoms with Gasteiger partial charge in [-0.15, -0.1) is 11.8 Å². The van der Waals surface area contributed by atoms with Crippen LogP contribution in [0.3, 0.4) is 0 Å². The van der Waals surface area contributed by atoms with Crippen LogP contribution in [0.5, 0.6) is 0 Å². The fraction of sp³-hybridized carbons (Fsp3) is 0.684. The minimum atomic E-state index is -4.46. The number of carboxylic acid groups (broad SMARTS) is 1. The molecular formula is C38H61N3O11PS4+. The SMILES string of the molecule is CC(CSC(=S)c1ccccc1)(CC(C)(C(=O)OCCNC(=O)CCCCC(S)CCS)C(C)(C#N)CCC(=O)O)C(=O)OCCOP(=O)(O)OCC[N+](C)(C)C. The number of carbonyl (C=O) groups is 4. The van der Waals surface area contributed by atoms with E-state index in [-0.39, 0.29) is 55.9 Å². The number of unbranched alkanes of at least 4 members (excludes halogenated alkanes) is 1. The van der Waals surface area contributed by atoms with Crippen LogP contribution >= 0.6 is 57.1 Å². The average Bonchev–Trinajstić information content (AvgIpc) is 3.14. The second-order valence-corrected chi connectivity index (χ2v) is 19.8. The van der Waals surface area contributed by atoms with E-state index in [0.29, 0.717) is 21.6 Å². The number of phosphoric ester groups is 1. The number of thioether (sulfide) groups is 1. The highest BCUT2D eigenvalue weighted by atomic mass is 32.2. The molecule has 14 nitrogen and oxygen atoms in total. The molecular weight excluding hydrogens is 834 g/mol. The van der Waals surface area contributed by atoms with Gasteiger partial charge in [0.1, 0.15) is 26.4 Å². The number of thiocarbonyl (C=S) groups is 1. The van der Waals surface area contributed by atoms with Crippen LogP contribution in [0, 0.1) is 27.6 Å². The number of ether oxygens (including phenoxy) is 2. The molecule has 0 fully saturated rings. The van der Waals surface area contributed by atoms with Gasteiger partial charge in [-0.3, -0.25) is 28.2 Å². The largest absolute Gasteiger partial charge is 0.481 e. The number of hydrogen-bond acceptors (Lipinski definition) is 14. The van der Waals surface area contributed by atoms with E-state index >= 15 is 0 Å². The summed E-state index contributed by atoms with van der Waals surface area (Å²) < 4.78 is 34.6. The van der Waals surface area contributed by atoms with Gasteiger partial charge in [0.2, 0.25) is 5.91 Å². The summed E-state index contributed by atoms with van der Waals surface area (Å²) in [5.74, 6) is -2.40. The van der Waals surface area contributed by atoms with Gasteiger partial charge in [0.25, 0.3) is 0 Å². The Kier molecular flexibility index (Phi) is 23.6. The second-order valence-electron chi connectivity index (χ2n) is 15.5. The number of esters is 2. The number of phosphoric acid groups is 1. The van der Waals surface area contributed by atoms with E-state index in [9.17, 15) is 39.0 Å². The molecule has 0 bridgehead atoms. The molecule has 5 atom stereocenters. The molecule has 0 aromatic heterocycles. The fourth-order valence-corrected chi connectivity index (χ4v) is 8.42. The third-order valence-electron chi connectivity index (χ3n) is 9.42. The quantitative estimate of drug-likeness (QED) is 0.0154. The van der Waals surface area contributed by atoms with Gasteiger partial charge in [0, 0.05) is 23.8 Å². The number of thiol groups is 2. The second kappa shape index (κ2) is 25.4. The van der Waals surface area contributed by atoms with Crippen LogP contribution in [0.25, 0.3) is 0 Å². The summed E-state index contributed by atoms with van der Waals surface area (Å²) in [4.78, 5) is 62.4. The summed E-state index contributed by atoms with van der Waals surface area (Å²) in [6, 6.07) is 11.2. The van der Waals surface area contributed by atoms with Gasteiger partial charge in [-0.2, -0.15) is 30.5 Å². The van der Waals surface area contributed by atoms with E-state index in [4.69, 9.17) is 30.7 Å². The molecule has 0 aliphatic carbocycles. The van der Waals surface area contributed by atoms with Gasteiger partial charge >= 0.3 is 25.7 Å². The van der Waals surface area contributed by atoms with Crippen molar-refractivity contribution >= 4 is 85.1 Å². The van der Waals surface area contributed by atoms with Crippen molar-refractivity contribution in [3.05, 3.63) is 35.9 Å². The molecule has 0 aliphatic rings. The first-order chi connectivity index (χ1) is 26.5. The Hall–Kier alpha value is -2.20. The molecule has 57 heavy (non-hydrogen) atoms. The van der Waals surface area contributed by atoms with E-state index in [1.807, 2.05) is 39.3 Å². The molecule has 0 radical (unpaired) electrons. The van der Waals surface area contributed by atoms with E-state index in [2.05, 4.69) is 36.6 Å². The lowest BCUT2D eigenvalue weighted by Gasteiger charge is -2.44. The first-order valence-corrected chi connectivity index (χ1v) is 22.7. The highest BCUT2D eigenvalue weighted by Crippen LogP contribution is 2.51. The third kappa shape index (κ3) is 20.1. The number of aliphatic carboxylic acids is 1. The van der Waals surface area contributed by atoms with Crippen LogP contribution in [-0.4, -0.2) is 120 Å². The summed E-state index contributed by atoms with van der Waals surface area (Å²) in [7, 11) is 1.20. The van der Waals surface area contributed by atoms with Crippen molar-refractivity contribution in [3.63, 3.8) is 0 Å². The number of carbonyl (C=O) groups excluding carboxylic acids is 3. The highest BCUT2D eigenvalue weighted by Gasteiger charge is 2.57. The number of rotatable bonds is 29. The molecule has 0 saturated heterocycles. The molecule has 5 unspecified atom stereocenters. The summed E-state index contributed by atoms with van der Waals surface area (Å²) in [5, 5.41) is 23.0.